The number of nitrogens with zero attached hydrogens (tertiary/aromatic N) is 2. The molecule has 1 heterocycles. The van der Waals surface area contributed by atoms with Gasteiger partial charge < -0.3 is 14.4 Å². The van der Waals surface area contributed by atoms with E-state index in [4.69, 9.17) is 9.47 Å². The largest absolute Gasteiger partial charge is 0.416 e. The molecule has 2 atom stereocenters. The smallest absolute Gasteiger partial charge is 0.383 e. The van der Waals surface area contributed by atoms with E-state index in [1.165, 1.54) is 25.3 Å². The fourth-order valence-electron chi connectivity index (χ4n) is 4.51. The molecule has 1 fully saturated rings. The Morgan fingerprint density at radius 2 is 1.85 bits per heavy atom. The SMILES string of the molecule is COCCN(C[C@H]1CN(Cc2cccc(C(F)(F)F)c2)C[C@@H]1c1cccc(F)c1)C(=O)COC. The molecule has 1 aliphatic heterocycles. The molecule has 1 amide bonds. The number of methoxy groups -OCH3 is 2. The lowest BCUT2D eigenvalue weighted by atomic mass is 9.88. The molecular weight excluding hydrogens is 452 g/mol. The van der Waals surface area contributed by atoms with E-state index in [-0.39, 0.29) is 30.2 Å². The number of benzene rings is 2. The molecule has 0 aliphatic carbocycles. The van der Waals surface area contributed by atoms with Gasteiger partial charge in [-0.25, -0.2) is 4.39 Å². The molecule has 0 spiro atoms. The second-order valence-corrected chi connectivity index (χ2v) is 8.58. The minimum atomic E-state index is -4.41. The molecule has 186 valence electrons. The van der Waals surface area contributed by atoms with Gasteiger partial charge in [0.2, 0.25) is 5.91 Å². The zero-order valence-electron chi connectivity index (χ0n) is 19.4. The molecule has 3 rings (SSSR count). The lowest BCUT2D eigenvalue weighted by Gasteiger charge is -2.28. The van der Waals surface area contributed by atoms with E-state index < -0.39 is 11.7 Å². The maximum absolute atomic E-state index is 14.0. The highest BCUT2D eigenvalue weighted by atomic mass is 19.4. The number of hydrogen-bond acceptors (Lipinski definition) is 4. The van der Waals surface area contributed by atoms with Gasteiger partial charge in [0, 0.05) is 52.9 Å². The molecule has 0 unspecified atom stereocenters. The number of rotatable bonds is 10. The van der Waals surface area contributed by atoms with Gasteiger partial charge in [-0.05, 0) is 35.2 Å². The highest BCUT2D eigenvalue weighted by Crippen LogP contribution is 2.35. The van der Waals surface area contributed by atoms with Crippen LogP contribution in [0.5, 0.6) is 0 Å². The lowest BCUT2D eigenvalue weighted by Crippen LogP contribution is -2.41. The van der Waals surface area contributed by atoms with Crippen LogP contribution in [0.3, 0.4) is 0 Å². The minimum Gasteiger partial charge on any atom is -0.383 e. The second-order valence-electron chi connectivity index (χ2n) is 8.58. The summed E-state index contributed by atoms with van der Waals surface area (Å²) >= 11 is 0. The Kier molecular flexibility index (Phi) is 9.04. The highest BCUT2D eigenvalue weighted by molar-refractivity contribution is 5.77. The van der Waals surface area contributed by atoms with Crippen LogP contribution in [0.1, 0.15) is 22.6 Å². The van der Waals surface area contributed by atoms with Gasteiger partial charge >= 0.3 is 6.18 Å². The third-order valence-corrected chi connectivity index (χ3v) is 6.09. The van der Waals surface area contributed by atoms with Crippen LogP contribution in [0, 0.1) is 11.7 Å². The van der Waals surface area contributed by atoms with Gasteiger partial charge in [0.1, 0.15) is 12.4 Å². The van der Waals surface area contributed by atoms with Crippen molar-refractivity contribution in [3.63, 3.8) is 0 Å². The summed E-state index contributed by atoms with van der Waals surface area (Å²) in [4.78, 5) is 16.3. The van der Waals surface area contributed by atoms with Crippen molar-refractivity contribution < 1.29 is 31.8 Å². The van der Waals surface area contributed by atoms with Gasteiger partial charge in [0.25, 0.3) is 0 Å². The Bertz CT molecular complexity index is 954. The molecule has 0 saturated carbocycles. The molecule has 34 heavy (non-hydrogen) atoms. The molecule has 1 saturated heterocycles. The summed E-state index contributed by atoms with van der Waals surface area (Å²) in [6.07, 6.45) is -4.41. The van der Waals surface area contributed by atoms with E-state index in [2.05, 4.69) is 4.90 Å². The molecule has 2 aromatic carbocycles. The predicted molar refractivity (Wildman–Crippen MR) is 120 cm³/mol. The van der Waals surface area contributed by atoms with Gasteiger partial charge in [0.05, 0.1) is 12.2 Å². The van der Waals surface area contributed by atoms with Crippen LogP contribution < -0.4 is 0 Å². The molecule has 0 aromatic heterocycles. The third kappa shape index (κ3) is 7.01. The van der Waals surface area contributed by atoms with Crippen molar-refractivity contribution >= 4 is 5.91 Å². The van der Waals surface area contributed by atoms with Crippen LogP contribution >= 0.6 is 0 Å². The fourth-order valence-corrected chi connectivity index (χ4v) is 4.51. The number of halogens is 4. The van der Waals surface area contributed by atoms with Gasteiger partial charge in [-0.15, -0.1) is 0 Å². The average Bonchev–Trinajstić information content (AvgIpc) is 3.18. The first kappa shape index (κ1) is 26.1. The van der Waals surface area contributed by atoms with Crippen molar-refractivity contribution in [3.05, 3.63) is 71.0 Å². The summed E-state index contributed by atoms with van der Waals surface area (Å²) in [7, 11) is 3.01. The first-order chi connectivity index (χ1) is 16.2. The summed E-state index contributed by atoms with van der Waals surface area (Å²) in [6.45, 7) is 2.53. The Labute approximate surface area is 197 Å². The van der Waals surface area contributed by atoms with Crippen LogP contribution in [0.15, 0.2) is 48.5 Å². The Morgan fingerprint density at radius 1 is 1.09 bits per heavy atom. The zero-order valence-corrected chi connectivity index (χ0v) is 19.4. The van der Waals surface area contributed by atoms with Crippen LogP contribution in [0.25, 0.3) is 0 Å². The summed E-state index contributed by atoms with van der Waals surface area (Å²) in [5, 5.41) is 0. The third-order valence-electron chi connectivity index (χ3n) is 6.09. The highest BCUT2D eigenvalue weighted by Gasteiger charge is 2.36. The molecule has 0 radical (unpaired) electrons. The van der Waals surface area contributed by atoms with Crippen LogP contribution in [-0.4, -0.2) is 69.3 Å². The normalized spacial score (nSPS) is 18.9. The Morgan fingerprint density at radius 3 is 2.53 bits per heavy atom. The molecule has 9 heteroatoms. The number of hydrogen-bond donors (Lipinski definition) is 0. The summed E-state index contributed by atoms with van der Waals surface area (Å²) in [5.74, 6) is -0.639. The number of ether oxygens (including phenoxy) is 2. The summed E-state index contributed by atoms with van der Waals surface area (Å²) in [6, 6.07) is 11.7. The topological polar surface area (TPSA) is 42.0 Å². The maximum Gasteiger partial charge on any atom is 0.416 e. The maximum atomic E-state index is 14.0. The molecular formula is C25H30F4N2O3. The van der Waals surface area contributed by atoms with Crippen LogP contribution in [0.4, 0.5) is 17.6 Å². The van der Waals surface area contributed by atoms with E-state index in [1.807, 2.05) is 6.07 Å². The second kappa shape index (κ2) is 11.8. The summed E-state index contributed by atoms with van der Waals surface area (Å²) < 4.78 is 63.6. The monoisotopic (exact) mass is 482 g/mol. The molecule has 2 aromatic rings. The minimum absolute atomic E-state index is 0.0368. The molecule has 0 bridgehead atoms. The standard InChI is InChI=1S/C25H30F4N2O3/c1-33-10-9-31(24(32)17-34-2)15-20-14-30(16-23(20)19-6-4-8-22(26)12-19)13-18-5-3-7-21(11-18)25(27,28)29/h3-8,11-12,20,23H,9-10,13-17H2,1-2H3/t20-,23-/m1/s1. The number of likely N-dealkylation sites (tertiary alicyclic amines) is 1. The predicted octanol–water partition coefficient (Wildman–Crippen LogP) is 4.18. The van der Waals surface area contributed by atoms with E-state index in [1.54, 1.807) is 24.1 Å². The average molecular weight is 483 g/mol. The Hall–Kier alpha value is -2.49. The molecule has 0 N–H and O–H groups in total. The first-order valence-corrected chi connectivity index (χ1v) is 11.1. The first-order valence-electron chi connectivity index (χ1n) is 11.1. The quantitative estimate of drug-likeness (QED) is 0.477. The van der Waals surface area contributed by atoms with Gasteiger partial charge in [-0.3, -0.25) is 9.69 Å². The van der Waals surface area contributed by atoms with Crippen LogP contribution in [-0.2, 0) is 27.0 Å². The number of carbonyl (C=O) groups excluding carboxylic acids is 1. The summed E-state index contributed by atoms with van der Waals surface area (Å²) in [5.41, 5.74) is 0.681. The molecule has 5 nitrogen and oxygen atoms in total. The van der Waals surface area contributed by atoms with Gasteiger partial charge in [-0.2, -0.15) is 13.2 Å². The van der Waals surface area contributed by atoms with E-state index in [9.17, 15) is 22.4 Å². The van der Waals surface area contributed by atoms with Gasteiger partial charge in [0.15, 0.2) is 0 Å². The van der Waals surface area contributed by atoms with E-state index in [0.717, 1.165) is 17.7 Å². The van der Waals surface area contributed by atoms with E-state index in [0.29, 0.717) is 44.9 Å². The fraction of sp³-hybridized carbons (Fsp3) is 0.480. The number of amides is 1. The van der Waals surface area contributed by atoms with Gasteiger partial charge in [-0.1, -0.05) is 30.3 Å². The van der Waals surface area contributed by atoms with Crippen molar-refractivity contribution in [3.8, 4) is 0 Å². The number of alkyl halides is 3. The Balaban J connectivity index is 1.82. The van der Waals surface area contributed by atoms with Crippen molar-refractivity contribution in [2.45, 2.75) is 18.6 Å². The number of carbonyl (C=O) groups is 1. The van der Waals surface area contributed by atoms with Crippen LogP contribution in [0.2, 0.25) is 0 Å². The van der Waals surface area contributed by atoms with Crippen molar-refractivity contribution in [2.75, 3.05) is 53.6 Å². The van der Waals surface area contributed by atoms with Crippen molar-refractivity contribution in [1.82, 2.24) is 9.80 Å². The molecule has 1 aliphatic rings. The van der Waals surface area contributed by atoms with E-state index >= 15 is 0 Å². The van der Waals surface area contributed by atoms with Crippen molar-refractivity contribution in [1.29, 1.82) is 0 Å². The lowest BCUT2D eigenvalue weighted by molar-refractivity contribution is -0.138. The zero-order chi connectivity index (χ0) is 24.7. The van der Waals surface area contributed by atoms with Crippen molar-refractivity contribution in [2.24, 2.45) is 5.92 Å².